The van der Waals surface area contributed by atoms with E-state index >= 15 is 0 Å². The van der Waals surface area contributed by atoms with E-state index in [4.69, 9.17) is 5.73 Å². The average Bonchev–Trinajstić information content (AvgIpc) is 2.07. The van der Waals surface area contributed by atoms with Crippen molar-refractivity contribution in [1.82, 2.24) is 0 Å². The molecule has 0 aromatic heterocycles. The van der Waals surface area contributed by atoms with Crippen molar-refractivity contribution in [2.24, 2.45) is 5.92 Å². The van der Waals surface area contributed by atoms with Gasteiger partial charge in [0.2, 0.25) is 0 Å². The molecule has 1 aromatic carbocycles. The number of anilines is 1. The van der Waals surface area contributed by atoms with E-state index in [0.717, 1.165) is 10.6 Å². The van der Waals surface area contributed by atoms with Crippen LogP contribution in [0.25, 0.3) is 0 Å². The molecule has 0 unspecified atom stereocenters. The largest absolute Gasteiger partial charge is 0.396 e. The second-order valence-corrected chi connectivity index (χ2v) is 4.48. The molecule has 1 nitrogen and oxygen atoms in total. The van der Waals surface area contributed by atoms with Crippen LogP contribution in [0.2, 0.25) is 0 Å². The van der Waals surface area contributed by atoms with E-state index in [9.17, 15) is 4.39 Å². The minimum atomic E-state index is -0.325. The Hall–Kier alpha value is -0.700. The molecule has 0 aliphatic rings. The standard InChI is InChI=1S/C10H14FNS/c1-7(2)6-13-8-3-4-10(12)9(11)5-8/h3-5,7H,6,12H2,1-2H3. The molecule has 72 valence electrons. The minimum Gasteiger partial charge on any atom is -0.396 e. The molecule has 0 saturated carbocycles. The van der Waals surface area contributed by atoms with Gasteiger partial charge >= 0.3 is 0 Å². The third-order valence-corrected chi connectivity index (χ3v) is 2.98. The highest BCUT2D eigenvalue weighted by Crippen LogP contribution is 2.23. The maximum absolute atomic E-state index is 13.0. The van der Waals surface area contributed by atoms with Gasteiger partial charge in [-0.3, -0.25) is 0 Å². The van der Waals surface area contributed by atoms with Crippen LogP contribution in [0.4, 0.5) is 10.1 Å². The first kappa shape index (κ1) is 10.4. The van der Waals surface area contributed by atoms with Gasteiger partial charge in [0.05, 0.1) is 5.69 Å². The molecule has 13 heavy (non-hydrogen) atoms. The van der Waals surface area contributed by atoms with E-state index in [1.165, 1.54) is 6.07 Å². The second kappa shape index (κ2) is 4.51. The lowest BCUT2D eigenvalue weighted by atomic mass is 10.3. The van der Waals surface area contributed by atoms with Gasteiger partial charge in [-0.15, -0.1) is 11.8 Å². The quantitative estimate of drug-likeness (QED) is 0.597. The molecule has 0 spiro atoms. The summed E-state index contributed by atoms with van der Waals surface area (Å²) in [5.41, 5.74) is 5.58. The van der Waals surface area contributed by atoms with E-state index in [1.54, 1.807) is 17.8 Å². The number of thioether (sulfide) groups is 1. The first-order valence-corrected chi connectivity index (χ1v) is 5.26. The predicted octanol–water partition coefficient (Wildman–Crippen LogP) is 3.16. The van der Waals surface area contributed by atoms with E-state index in [-0.39, 0.29) is 11.5 Å². The van der Waals surface area contributed by atoms with Gasteiger partial charge < -0.3 is 5.73 Å². The third-order valence-electron chi connectivity index (χ3n) is 1.56. The Kier molecular flexibility index (Phi) is 3.60. The van der Waals surface area contributed by atoms with Crippen LogP contribution >= 0.6 is 11.8 Å². The van der Waals surface area contributed by atoms with E-state index in [1.807, 2.05) is 6.07 Å². The van der Waals surface area contributed by atoms with Crippen molar-refractivity contribution in [3.8, 4) is 0 Å². The Bertz CT molecular complexity index is 286. The summed E-state index contributed by atoms with van der Waals surface area (Å²) in [4.78, 5) is 0.945. The molecule has 2 N–H and O–H groups in total. The van der Waals surface area contributed by atoms with Crippen LogP contribution in [0.1, 0.15) is 13.8 Å². The number of nitrogen functional groups attached to an aromatic ring is 1. The molecule has 0 saturated heterocycles. The number of hydrogen-bond donors (Lipinski definition) is 1. The molecule has 0 radical (unpaired) electrons. The molecular weight excluding hydrogens is 185 g/mol. The Morgan fingerprint density at radius 3 is 2.69 bits per heavy atom. The van der Waals surface area contributed by atoms with Crippen molar-refractivity contribution < 1.29 is 4.39 Å². The van der Waals surface area contributed by atoms with Gasteiger partial charge in [-0.1, -0.05) is 13.8 Å². The normalized spacial score (nSPS) is 10.8. The smallest absolute Gasteiger partial charge is 0.147 e. The Balaban J connectivity index is 2.63. The molecule has 0 atom stereocenters. The summed E-state index contributed by atoms with van der Waals surface area (Å²) in [6.45, 7) is 4.28. The predicted molar refractivity (Wildman–Crippen MR) is 56.4 cm³/mol. The Labute approximate surface area is 82.5 Å². The second-order valence-electron chi connectivity index (χ2n) is 3.39. The van der Waals surface area contributed by atoms with E-state index in [0.29, 0.717) is 5.92 Å². The lowest BCUT2D eigenvalue weighted by molar-refractivity contribution is 0.629. The van der Waals surface area contributed by atoms with Gasteiger partial charge in [0.15, 0.2) is 0 Å². The van der Waals surface area contributed by atoms with Gasteiger partial charge in [-0.05, 0) is 24.1 Å². The van der Waals surface area contributed by atoms with Gasteiger partial charge in [-0.25, -0.2) is 4.39 Å². The lowest BCUT2D eigenvalue weighted by Crippen LogP contribution is -1.92. The summed E-state index contributed by atoms with van der Waals surface area (Å²) in [7, 11) is 0. The first-order chi connectivity index (χ1) is 6.09. The van der Waals surface area contributed by atoms with Crippen LogP contribution in [0.15, 0.2) is 23.1 Å². The minimum absolute atomic E-state index is 0.217. The summed E-state index contributed by atoms with van der Waals surface area (Å²) in [6, 6.07) is 4.95. The Morgan fingerprint density at radius 1 is 1.46 bits per heavy atom. The molecule has 1 aromatic rings. The van der Waals surface area contributed by atoms with Crippen molar-refractivity contribution in [2.45, 2.75) is 18.7 Å². The summed E-state index contributed by atoms with van der Waals surface area (Å²) in [6.07, 6.45) is 0. The van der Waals surface area contributed by atoms with E-state index < -0.39 is 0 Å². The van der Waals surface area contributed by atoms with Crippen LogP contribution in [0, 0.1) is 11.7 Å². The topological polar surface area (TPSA) is 26.0 Å². The van der Waals surface area contributed by atoms with Crippen LogP contribution in [-0.4, -0.2) is 5.75 Å². The number of halogens is 1. The summed E-state index contributed by atoms with van der Waals surface area (Å²) in [5.74, 6) is 1.29. The van der Waals surface area contributed by atoms with Crippen molar-refractivity contribution >= 4 is 17.4 Å². The highest BCUT2D eigenvalue weighted by atomic mass is 32.2. The maximum Gasteiger partial charge on any atom is 0.147 e. The highest BCUT2D eigenvalue weighted by molar-refractivity contribution is 7.99. The number of nitrogens with two attached hydrogens (primary N) is 1. The molecule has 0 amide bonds. The zero-order chi connectivity index (χ0) is 9.84. The molecule has 1 rings (SSSR count). The highest BCUT2D eigenvalue weighted by Gasteiger charge is 2.01. The summed E-state index contributed by atoms with van der Waals surface area (Å²) < 4.78 is 13.0. The molecule has 3 heteroatoms. The van der Waals surface area contributed by atoms with Crippen LogP contribution in [0.5, 0.6) is 0 Å². The lowest BCUT2D eigenvalue weighted by Gasteiger charge is -2.05. The van der Waals surface area contributed by atoms with E-state index in [2.05, 4.69) is 13.8 Å². The first-order valence-electron chi connectivity index (χ1n) is 4.27. The van der Waals surface area contributed by atoms with Crippen LogP contribution in [-0.2, 0) is 0 Å². The van der Waals surface area contributed by atoms with Gasteiger partial charge in [0.25, 0.3) is 0 Å². The molecule has 0 aliphatic carbocycles. The van der Waals surface area contributed by atoms with Crippen molar-refractivity contribution in [2.75, 3.05) is 11.5 Å². The molecule has 0 aliphatic heterocycles. The number of hydrogen-bond acceptors (Lipinski definition) is 2. The van der Waals surface area contributed by atoms with Gasteiger partial charge in [-0.2, -0.15) is 0 Å². The monoisotopic (exact) mass is 199 g/mol. The zero-order valence-electron chi connectivity index (χ0n) is 7.88. The van der Waals surface area contributed by atoms with Crippen molar-refractivity contribution in [3.05, 3.63) is 24.0 Å². The SMILES string of the molecule is CC(C)CSc1ccc(N)c(F)c1. The van der Waals surface area contributed by atoms with Crippen LogP contribution in [0.3, 0.4) is 0 Å². The van der Waals surface area contributed by atoms with Gasteiger partial charge in [0, 0.05) is 10.6 Å². The fourth-order valence-electron chi connectivity index (χ4n) is 0.861. The molecule has 0 bridgehead atoms. The van der Waals surface area contributed by atoms with Gasteiger partial charge in [0.1, 0.15) is 5.82 Å². The summed E-state index contributed by atoms with van der Waals surface area (Å²) >= 11 is 1.66. The fraction of sp³-hybridized carbons (Fsp3) is 0.400. The third kappa shape index (κ3) is 3.27. The molecule has 0 heterocycles. The Morgan fingerprint density at radius 2 is 2.15 bits per heavy atom. The zero-order valence-corrected chi connectivity index (χ0v) is 8.70. The van der Waals surface area contributed by atoms with Crippen molar-refractivity contribution in [1.29, 1.82) is 0 Å². The summed E-state index contributed by atoms with van der Waals surface area (Å²) in [5, 5.41) is 0. The molecule has 0 fully saturated rings. The average molecular weight is 199 g/mol. The van der Waals surface area contributed by atoms with Crippen molar-refractivity contribution in [3.63, 3.8) is 0 Å². The molecular formula is C10H14FNS. The number of benzene rings is 1. The fourth-order valence-corrected chi connectivity index (χ4v) is 1.74. The van der Waals surface area contributed by atoms with Crippen LogP contribution < -0.4 is 5.73 Å². The maximum atomic E-state index is 13.0. The number of rotatable bonds is 3.